The van der Waals surface area contributed by atoms with Crippen LogP contribution in [0.25, 0.3) is 0 Å². The van der Waals surface area contributed by atoms with Gasteiger partial charge in [-0.3, -0.25) is 4.68 Å². The summed E-state index contributed by atoms with van der Waals surface area (Å²) in [5.41, 5.74) is 2.86. The summed E-state index contributed by atoms with van der Waals surface area (Å²) in [5, 5.41) is 20.9. The van der Waals surface area contributed by atoms with Gasteiger partial charge in [0.05, 0.1) is 24.1 Å². The molecule has 0 amide bonds. The van der Waals surface area contributed by atoms with Gasteiger partial charge in [0.2, 0.25) is 0 Å². The van der Waals surface area contributed by atoms with E-state index in [2.05, 4.69) is 15.6 Å². The second kappa shape index (κ2) is 7.28. The molecule has 0 radical (unpaired) electrons. The molecule has 7 heteroatoms. The number of halogens is 1. The Kier molecular flexibility index (Phi) is 5.41. The highest BCUT2D eigenvalue weighted by atomic mass is 35.5. The lowest BCUT2D eigenvalue weighted by molar-refractivity contribution is 0.276. The van der Waals surface area contributed by atoms with Crippen molar-refractivity contribution < 1.29 is 5.11 Å². The molecular formula is C14H20ClN5O. The lowest BCUT2D eigenvalue weighted by Crippen LogP contribution is -2.12. The Labute approximate surface area is 129 Å². The predicted octanol–water partition coefficient (Wildman–Crippen LogP) is 1.99. The first-order valence-electron chi connectivity index (χ1n) is 6.81. The van der Waals surface area contributed by atoms with Crippen LogP contribution in [0.1, 0.15) is 12.1 Å². The van der Waals surface area contributed by atoms with E-state index < -0.39 is 0 Å². The minimum atomic E-state index is 0.155. The van der Waals surface area contributed by atoms with Gasteiger partial charge in [-0.1, -0.05) is 16.8 Å². The van der Waals surface area contributed by atoms with E-state index in [9.17, 15) is 0 Å². The molecule has 0 atom stereocenters. The fraction of sp³-hybridized carbons (Fsp3) is 0.429. The van der Waals surface area contributed by atoms with Crippen LogP contribution in [0.3, 0.4) is 0 Å². The molecule has 2 N–H and O–H groups in total. The zero-order chi connectivity index (χ0) is 15.2. The van der Waals surface area contributed by atoms with Crippen LogP contribution in [0.15, 0.2) is 24.4 Å². The van der Waals surface area contributed by atoms with E-state index in [4.69, 9.17) is 16.7 Å². The SMILES string of the molecule is CN(C)c1ccc(Cl)cc1NCc1cn(CCCO)nn1. The largest absolute Gasteiger partial charge is 0.396 e. The van der Waals surface area contributed by atoms with Gasteiger partial charge in [-0.25, -0.2) is 0 Å². The summed E-state index contributed by atoms with van der Waals surface area (Å²) >= 11 is 6.05. The van der Waals surface area contributed by atoms with Gasteiger partial charge in [0.1, 0.15) is 5.69 Å². The van der Waals surface area contributed by atoms with Crippen LogP contribution in [0.5, 0.6) is 0 Å². The zero-order valence-corrected chi connectivity index (χ0v) is 13.0. The molecule has 0 bridgehead atoms. The minimum absolute atomic E-state index is 0.155. The van der Waals surface area contributed by atoms with Crippen LogP contribution in [0, 0.1) is 0 Å². The second-order valence-electron chi connectivity index (χ2n) is 4.96. The number of aryl methyl sites for hydroxylation is 1. The van der Waals surface area contributed by atoms with Crippen LogP contribution in [-0.2, 0) is 13.1 Å². The molecule has 2 rings (SSSR count). The van der Waals surface area contributed by atoms with Gasteiger partial charge in [0.25, 0.3) is 0 Å². The average Bonchev–Trinajstić information content (AvgIpc) is 2.90. The summed E-state index contributed by atoms with van der Waals surface area (Å²) in [6.45, 7) is 1.39. The molecule has 1 heterocycles. The predicted molar refractivity (Wildman–Crippen MR) is 84.8 cm³/mol. The number of anilines is 2. The van der Waals surface area contributed by atoms with E-state index >= 15 is 0 Å². The quantitative estimate of drug-likeness (QED) is 0.819. The summed E-state index contributed by atoms with van der Waals surface area (Å²) in [4.78, 5) is 2.02. The molecule has 114 valence electrons. The molecule has 0 spiro atoms. The normalized spacial score (nSPS) is 10.7. The van der Waals surface area contributed by atoms with Crippen LogP contribution >= 0.6 is 11.6 Å². The van der Waals surface area contributed by atoms with Gasteiger partial charge >= 0.3 is 0 Å². The molecule has 0 aliphatic heterocycles. The zero-order valence-electron chi connectivity index (χ0n) is 12.3. The first kappa shape index (κ1) is 15.6. The first-order chi connectivity index (χ1) is 10.1. The van der Waals surface area contributed by atoms with Crippen molar-refractivity contribution in [1.29, 1.82) is 0 Å². The smallest absolute Gasteiger partial charge is 0.102 e. The van der Waals surface area contributed by atoms with Gasteiger partial charge in [-0.15, -0.1) is 5.10 Å². The summed E-state index contributed by atoms with van der Waals surface area (Å²) in [7, 11) is 3.97. The Hall–Kier alpha value is -1.79. The average molecular weight is 310 g/mol. The van der Waals surface area contributed by atoms with Crippen molar-refractivity contribution in [2.24, 2.45) is 0 Å². The summed E-state index contributed by atoms with van der Waals surface area (Å²) in [5.74, 6) is 0. The Morgan fingerprint density at radius 2 is 2.19 bits per heavy atom. The Morgan fingerprint density at radius 3 is 2.90 bits per heavy atom. The van der Waals surface area contributed by atoms with E-state index in [1.165, 1.54) is 0 Å². The number of aliphatic hydroxyl groups excluding tert-OH is 1. The number of rotatable bonds is 7. The van der Waals surface area contributed by atoms with Crippen LogP contribution in [0.2, 0.25) is 5.02 Å². The molecule has 0 saturated heterocycles. The van der Waals surface area contributed by atoms with E-state index in [0.717, 1.165) is 17.1 Å². The van der Waals surface area contributed by atoms with Crippen molar-refractivity contribution in [3.8, 4) is 0 Å². The van der Waals surface area contributed by atoms with Crippen molar-refractivity contribution >= 4 is 23.0 Å². The summed E-state index contributed by atoms with van der Waals surface area (Å²) in [6, 6.07) is 5.74. The van der Waals surface area contributed by atoms with Gasteiger partial charge in [-0.2, -0.15) is 0 Å². The maximum Gasteiger partial charge on any atom is 0.102 e. The number of nitrogens with one attached hydrogen (secondary N) is 1. The molecule has 2 aromatic rings. The third-order valence-corrected chi connectivity index (χ3v) is 3.27. The number of aliphatic hydroxyl groups is 1. The Balaban J connectivity index is 2.02. The third kappa shape index (κ3) is 4.34. The van der Waals surface area contributed by atoms with Crippen molar-refractivity contribution in [1.82, 2.24) is 15.0 Å². The molecule has 21 heavy (non-hydrogen) atoms. The molecular weight excluding hydrogens is 290 g/mol. The third-order valence-electron chi connectivity index (χ3n) is 3.03. The maximum absolute atomic E-state index is 8.80. The topological polar surface area (TPSA) is 66.2 Å². The molecule has 1 aromatic heterocycles. The molecule has 0 aliphatic rings. The van der Waals surface area contributed by atoms with E-state index in [0.29, 0.717) is 24.5 Å². The fourth-order valence-corrected chi connectivity index (χ4v) is 2.16. The van der Waals surface area contributed by atoms with Gasteiger partial charge in [-0.05, 0) is 24.6 Å². The molecule has 0 aliphatic carbocycles. The minimum Gasteiger partial charge on any atom is -0.396 e. The highest BCUT2D eigenvalue weighted by Gasteiger charge is 2.07. The summed E-state index contributed by atoms with van der Waals surface area (Å²) in [6.07, 6.45) is 2.55. The summed E-state index contributed by atoms with van der Waals surface area (Å²) < 4.78 is 1.73. The van der Waals surface area contributed by atoms with Crippen LogP contribution < -0.4 is 10.2 Å². The van der Waals surface area contributed by atoms with E-state index in [1.807, 2.05) is 43.4 Å². The highest BCUT2D eigenvalue weighted by molar-refractivity contribution is 6.31. The van der Waals surface area contributed by atoms with E-state index in [1.54, 1.807) is 4.68 Å². The van der Waals surface area contributed by atoms with Gasteiger partial charge < -0.3 is 15.3 Å². The Morgan fingerprint density at radius 1 is 1.38 bits per heavy atom. The Bertz CT molecular complexity index is 584. The number of nitrogens with zero attached hydrogens (tertiary/aromatic N) is 4. The molecule has 0 saturated carbocycles. The maximum atomic E-state index is 8.80. The van der Waals surface area contributed by atoms with Crippen molar-refractivity contribution in [2.75, 3.05) is 30.9 Å². The van der Waals surface area contributed by atoms with Crippen molar-refractivity contribution in [2.45, 2.75) is 19.5 Å². The number of benzene rings is 1. The van der Waals surface area contributed by atoms with Crippen molar-refractivity contribution in [3.63, 3.8) is 0 Å². The van der Waals surface area contributed by atoms with Gasteiger partial charge in [0.15, 0.2) is 0 Å². The molecule has 0 fully saturated rings. The lowest BCUT2D eigenvalue weighted by atomic mass is 10.2. The van der Waals surface area contributed by atoms with Crippen LogP contribution in [0.4, 0.5) is 11.4 Å². The van der Waals surface area contributed by atoms with E-state index in [-0.39, 0.29) is 6.61 Å². The highest BCUT2D eigenvalue weighted by Crippen LogP contribution is 2.28. The lowest BCUT2D eigenvalue weighted by Gasteiger charge is -2.18. The fourth-order valence-electron chi connectivity index (χ4n) is 1.99. The monoisotopic (exact) mass is 309 g/mol. The number of hydrogen-bond acceptors (Lipinski definition) is 5. The molecule has 1 aromatic carbocycles. The number of hydrogen-bond donors (Lipinski definition) is 2. The van der Waals surface area contributed by atoms with Crippen LogP contribution in [-0.4, -0.2) is 40.8 Å². The van der Waals surface area contributed by atoms with Gasteiger partial charge in [0, 0.05) is 32.3 Å². The second-order valence-corrected chi connectivity index (χ2v) is 5.40. The standard InChI is InChI=1S/C14H20ClN5O/c1-19(2)14-5-4-11(15)8-13(14)16-9-12-10-20(18-17-12)6-3-7-21/h4-5,8,10,16,21H,3,6-7,9H2,1-2H3. The molecule has 0 unspecified atom stereocenters. The number of aromatic nitrogens is 3. The first-order valence-corrected chi connectivity index (χ1v) is 7.18. The molecule has 6 nitrogen and oxygen atoms in total. The van der Waals surface area contributed by atoms with Crippen molar-refractivity contribution in [3.05, 3.63) is 35.1 Å².